The van der Waals surface area contributed by atoms with Gasteiger partial charge >= 0.3 is 0 Å². The van der Waals surface area contributed by atoms with Crippen LogP contribution < -0.4 is 4.74 Å². The Hall–Kier alpha value is -1.63. The smallest absolute Gasteiger partial charge is 0.142 e. The number of hydrogen-bond donors (Lipinski definition) is 3. The van der Waals surface area contributed by atoms with Crippen LogP contribution in [-0.2, 0) is 0 Å². The van der Waals surface area contributed by atoms with Gasteiger partial charge in [0.15, 0.2) is 0 Å². The Labute approximate surface area is 141 Å². The summed E-state index contributed by atoms with van der Waals surface area (Å²) in [6, 6.07) is 8.39. The Balaban J connectivity index is 2.02. The molecule has 2 aromatic rings. The Morgan fingerprint density at radius 1 is 1.30 bits per heavy atom. The first kappa shape index (κ1) is 16.2. The summed E-state index contributed by atoms with van der Waals surface area (Å²) < 4.78 is 39.3. The number of nitriles is 1. The molecule has 0 amide bonds. The van der Waals surface area contributed by atoms with Gasteiger partial charge in [-0.25, -0.2) is 4.39 Å². The molecule has 0 bridgehead atoms. The van der Waals surface area contributed by atoms with E-state index in [-0.39, 0.29) is 27.7 Å². The van der Waals surface area contributed by atoms with Crippen molar-refractivity contribution in [3.05, 3.63) is 51.7 Å². The van der Waals surface area contributed by atoms with Crippen molar-refractivity contribution < 1.29 is 23.3 Å². The third-order valence-corrected chi connectivity index (χ3v) is 6.07. The molecule has 1 aliphatic heterocycles. The molecule has 0 fully saturated rings. The zero-order chi connectivity index (χ0) is 16.8. The van der Waals surface area contributed by atoms with Crippen LogP contribution in [0.15, 0.2) is 39.7 Å². The van der Waals surface area contributed by atoms with Crippen LogP contribution in [0.25, 0.3) is 0 Å². The quantitative estimate of drug-likeness (QED) is 0.695. The molecule has 2 aromatic carbocycles. The van der Waals surface area contributed by atoms with E-state index in [9.17, 15) is 18.6 Å². The van der Waals surface area contributed by atoms with Gasteiger partial charge in [-0.3, -0.25) is 9.11 Å². The fraction of sp³-hybridized carbons (Fsp3) is 0.133. The van der Waals surface area contributed by atoms with Crippen LogP contribution in [0.3, 0.4) is 0 Å². The minimum absolute atomic E-state index is 0.117. The second-order valence-corrected chi connectivity index (χ2v) is 7.93. The van der Waals surface area contributed by atoms with Crippen LogP contribution in [0, 0.1) is 17.1 Å². The minimum atomic E-state index is -3.02. The van der Waals surface area contributed by atoms with Gasteiger partial charge in [0.2, 0.25) is 0 Å². The summed E-state index contributed by atoms with van der Waals surface area (Å²) in [5.74, 6) is -0.371. The van der Waals surface area contributed by atoms with Crippen LogP contribution in [-0.4, -0.2) is 20.0 Å². The van der Waals surface area contributed by atoms with E-state index in [0.29, 0.717) is 10.0 Å². The van der Waals surface area contributed by atoms with Gasteiger partial charge in [0.05, 0.1) is 32.9 Å². The normalized spacial score (nSPS) is 19.7. The molecule has 0 aliphatic carbocycles. The Bertz CT molecular complexity index is 837. The predicted molar refractivity (Wildman–Crippen MR) is 86.3 cm³/mol. The lowest BCUT2D eigenvalue weighted by molar-refractivity contribution is 0.201. The highest BCUT2D eigenvalue weighted by atomic mass is 79.9. The van der Waals surface area contributed by atoms with E-state index in [1.165, 1.54) is 18.2 Å². The van der Waals surface area contributed by atoms with Crippen molar-refractivity contribution in [2.45, 2.75) is 11.0 Å². The van der Waals surface area contributed by atoms with Crippen molar-refractivity contribution in [3.8, 4) is 17.6 Å². The van der Waals surface area contributed by atoms with Crippen LogP contribution in [0.2, 0.25) is 0 Å². The Morgan fingerprint density at radius 3 is 2.74 bits per heavy atom. The molecule has 1 atom stereocenters. The van der Waals surface area contributed by atoms with Gasteiger partial charge in [0.1, 0.15) is 17.3 Å². The second kappa shape index (κ2) is 5.78. The summed E-state index contributed by atoms with van der Waals surface area (Å²) in [6.07, 6.45) is -1.03. The minimum Gasteiger partial charge on any atom is -0.456 e. The molecule has 3 rings (SSSR count). The lowest BCUT2D eigenvalue weighted by Crippen LogP contribution is -2.00. The number of nitrogens with zero attached hydrogens (tertiary/aromatic N) is 1. The molecule has 5 nitrogen and oxygen atoms in total. The van der Waals surface area contributed by atoms with Crippen molar-refractivity contribution in [2.75, 3.05) is 5.75 Å². The fourth-order valence-electron chi connectivity index (χ4n) is 2.44. The summed E-state index contributed by atoms with van der Waals surface area (Å²) in [5, 5.41) is 18.9. The van der Waals surface area contributed by atoms with E-state index in [1.54, 1.807) is 0 Å². The number of hydrogen-bond acceptors (Lipinski definition) is 5. The molecule has 23 heavy (non-hydrogen) atoms. The molecular weight excluding hydrogens is 389 g/mol. The monoisotopic (exact) mass is 399 g/mol. The van der Waals surface area contributed by atoms with Gasteiger partial charge in [-0.05, 0) is 40.2 Å². The van der Waals surface area contributed by atoms with Gasteiger partial charge in [0.25, 0.3) is 0 Å². The van der Waals surface area contributed by atoms with E-state index < -0.39 is 22.5 Å². The molecule has 1 heterocycles. The van der Waals surface area contributed by atoms with Crippen molar-refractivity contribution in [1.29, 1.82) is 5.26 Å². The summed E-state index contributed by atoms with van der Waals surface area (Å²) in [6.45, 7) is 0. The molecule has 8 heteroatoms. The highest BCUT2D eigenvalue weighted by Gasteiger charge is 2.36. The average Bonchev–Trinajstić information content (AvgIpc) is 2.71. The number of rotatable bonds is 2. The molecule has 0 aromatic heterocycles. The number of aliphatic hydroxyl groups is 1. The number of fused-ring (bicyclic) bond motifs is 1. The second-order valence-electron chi connectivity index (χ2n) is 5.03. The van der Waals surface area contributed by atoms with Crippen molar-refractivity contribution in [2.24, 2.45) is 0 Å². The van der Waals surface area contributed by atoms with Gasteiger partial charge in [-0.15, -0.1) is 0 Å². The maximum absolute atomic E-state index is 13.5. The summed E-state index contributed by atoms with van der Waals surface area (Å²) in [4.78, 5) is 0.265. The number of aliphatic hydroxyl groups excluding tert-OH is 1. The topological polar surface area (TPSA) is 93.7 Å². The third kappa shape index (κ3) is 2.94. The molecule has 0 saturated heterocycles. The van der Waals surface area contributed by atoms with Crippen molar-refractivity contribution in [1.82, 2.24) is 0 Å². The van der Waals surface area contributed by atoms with E-state index >= 15 is 0 Å². The largest absolute Gasteiger partial charge is 0.456 e. The standard InChI is InChI=1S/C15H11BrFNO4S/c16-15-12(22-10-4-8(6-18)3-9(17)5-10)1-2-13-14(15)11(19)7-23(13,20)21/h1-5,11,19-21H,7H2/t11-/m0/s1. The van der Waals surface area contributed by atoms with E-state index in [0.717, 1.165) is 12.1 Å². The molecule has 0 radical (unpaired) electrons. The van der Waals surface area contributed by atoms with Gasteiger partial charge < -0.3 is 9.84 Å². The van der Waals surface area contributed by atoms with E-state index in [1.807, 2.05) is 6.07 Å². The first-order chi connectivity index (χ1) is 10.8. The van der Waals surface area contributed by atoms with E-state index in [2.05, 4.69) is 15.9 Å². The summed E-state index contributed by atoms with van der Waals surface area (Å²) in [5.41, 5.74) is 0.464. The van der Waals surface area contributed by atoms with Gasteiger partial charge in [-0.2, -0.15) is 15.9 Å². The Kier molecular flexibility index (Phi) is 4.08. The lowest BCUT2D eigenvalue weighted by atomic mass is 10.1. The van der Waals surface area contributed by atoms with Crippen LogP contribution in [0.5, 0.6) is 11.5 Å². The highest BCUT2D eigenvalue weighted by Crippen LogP contribution is 2.61. The predicted octanol–water partition coefficient (Wildman–Crippen LogP) is 4.41. The molecule has 0 saturated carbocycles. The molecule has 120 valence electrons. The molecule has 0 spiro atoms. The summed E-state index contributed by atoms with van der Waals surface area (Å²) >= 11 is 3.28. The molecular formula is C15H11BrFNO4S. The highest BCUT2D eigenvalue weighted by molar-refractivity contribution is 9.10. The maximum Gasteiger partial charge on any atom is 0.142 e. The third-order valence-electron chi connectivity index (χ3n) is 3.41. The fourth-order valence-corrected chi connectivity index (χ4v) is 4.92. The van der Waals surface area contributed by atoms with Crippen LogP contribution in [0.4, 0.5) is 4.39 Å². The average molecular weight is 400 g/mol. The van der Waals surface area contributed by atoms with Crippen molar-refractivity contribution >= 4 is 26.5 Å². The summed E-state index contributed by atoms with van der Waals surface area (Å²) in [7, 11) is -3.02. The van der Waals surface area contributed by atoms with Crippen LogP contribution in [0.1, 0.15) is 17.2 Å². The first-order valence-corrected chi connectivity index (χ1v) is 8.97. The zero-order valence-electron chi connectivity index (χ0n) is 11.5. The number of benzene rings is 2. The van der Waals surface area contributed by atoms with Crippen LogP contribution >= 0.6 is 26.5 Å². The number of ether oxygens (including phenoxy) is 1. The van der Waals surface area contributed by atoms with Gasteiger partial charge in [-0.1, -0.05) is 0 Å². The molecule has 1 aliphatic rings. The van der Waals surface area contributed by atoms with Gasteiger partial charge in [0, 0.05) is 11.6 Å². The Morgan fingerprint density at radius 2 is 2.04 bits per heavy atom. The number of halogens is 2. The molecule has 0 unspecified atom stereocenters. The molecule has 3 N–H and O–H groups in total. The SMILES string of the molecule is N#Cc1cc(F)cc(Oc2ccc3c(c2Br)[C@@H](O)CS3(O)O)c1. The van der Waals surface area contributed by atoms with E-state index in [4.69, 9.17) is 10.00 Å². The van der Waals surface area contributed by atoms with Crippen molar-refractivity contribution in [3.63, 3.8) is 0 Å². The zero-order valence-corrected chi connectivity index (χ0v) is 13.9. The first-order valence-electron chi connectivity index (χ1n) is 6.47. The maximum atomic E-state index is 13.5. The lowest BCUT2D eigenvalue weighted by Gasteiger charge is -2.27.